The molecule has 0 radical (unpaired) electrons. The van der Waals surface area contributed by atoms with Crippen LogP contribution in [0.1, 0.15) is 35.4 Å². The van der Waals surface area contributed by atoms with E-state index in [1.165, 1.54) is 11.3 Å². The van der Waals surface area contributed by atoms with Crippen LogP contribution in [0.15, 0.2) is 12.1 Å². The molecule has 1 amide bonds. The summed E-state index contributed by atoms with van der Waals surface area (Å²) in [6, 6.07) is 3.46. The van der Waals surface area contributed by atoms with E-state index in [0.29, 0.717) is 38.2 Å². The standard InChI is InChI=1S/C15H14Cl3NO2S/c16-7-5-10(17)12-11(6-7)22-14(13(12)18)15(21)19-8-1-3-9(20)4-2-8/h5-6,8-9,20H,1-4H2,(H,19,21). The molecule has 118 valence electrons. The Balaban J connectivity index is 1.85. The number of fused-ring (bicyclic) bond motifs is 1. The van der Waals surface area contributed by atoms with Gasteiger partial charge < -0.3 is 10.4 Å². The van der Waals surface area contributed by atoms with Gasteiger partial charge in [-0.2, -0.15) is 0 Å². The lowest BCUT2D eigenvalue weighted by molar-refractivity contribution is 0.0871. The van der Waals surface area contributed by atoms with E-state index in [1.54, 1.807) is 12.1 Å². The first-order valence-corrected chi connectivity index (χ1v) is 8.96. The predicted molar refractivity (Wildman–Crippen MR) is 92.6 cm³/mol. The smallest absolute Gasteiger partial charge is 0.263 e. The Morgan fingerprint density at radius 1 is 1.18 bits per heavy atom. The van der Waals surface area contributed by atoms with Gasteiger partial charge in [-0.25, -0.2) is 0 Å². The van der Waals surface area contributed by atoms with E-state index >= 15 is 0 Å². The molecule has 22 heavy (non-hydrogen) atoms. The topological polar surface area (TPSA) is 49.3 Å². The van der Waals surface area contributed by atoms with Crippen LogP contribution in [-0.4, -0.2) is 23.2 Å². The van der Waals surface area contributed by atoms with Crippen molar-refractivity contribution >= 4 is 62.1 Å². The second-order valence-electron chi connectivity index (χ2n) is 5.48. The van der Waals surface area contributed by atoms with Crippen LogP contribution in [0.2, 0.25) is 15.1 Å². The van der Waals surface area contributed by atoms with Crippen LogP contribution in [0.25, 0.3) is 10.1 Å². The maximum atomic E-state index is 12.5. The number of nitrogens with one attached hydrogen (secondary N) is 1. The number of halogens is 3. The molecule has 0 aliphatic heterocycles. The SMILES string of the molecule is O=C(NC1CCC(O)CC1)c1sc2cc(Cl)cc(Cl)c2c1Cl. The Kier molecular flexibility index (Phi) is 4.86. The molecule has 0 saturated heterocycles. The Labute approximate surface area is 147 Å². The number of hydrogen-bond donors (Lipinski definition) is 2. The van der Waals surface area contributed by atoms with Crippen molar-refractivity contribution in [1.29, 1.82) is 0 Å². The quantitative estimate of drug-likeness (QED) is 0.781. The highest BCUT2D eigenvalue weighted by atomic mass is 35.5. The van der Waals surface area contributed by atoms with Gasteiger partial charge in [-0.3, -0.25) is 4.79 Å². The molecule has 1 aliphatic carbocycles. The van der Waals surface area contributed by atoms with Crippen LogP contribution < -0.4 is 5.32 Å². The molecule has 0 atom stereocenters. The van der Waals surface area contributed by atoms with Crippen LogP contribution in [0.4, 0.5) is 0 Å². The van der Waals surface area contributed by atoms with E-state index in [1.807, 2.05) is 0 Å². The average Bonchev–Trinajstić information content (AvgIpc) is 2.78. The Morgan fingerprint density at radius 3 is 2.55 bits per heavy atom. The largest absolute Gasteiger partial charge is 0.393 e. The second kappa shape index (κ2) is 6.54. The van der Waals surface area contributed by atoms with E-state index in [2.05, 4.69) is 5.32 Å². The number of aliphatic hydroxyl groups excluding tert-OH is 1. The predicted octanol–water partition coefficient (Wildman–Crippen LogP) is 4.89. The summed E-state index contributed by atoms with van der Waals surface area (Å²) in [6.45, 7) is 0. The van der Waals surface area contributed by atoms with E-state index in [9.17, 15) is 9.90 Å². The van der Waals surface area contributed by atoms with Crippen LogP contribution in [0.5, 0.6) is 0 Å². The number of thiophene rings is 1. The minimum absolute atomic E-state index is 0.0799. The van der Waals surface area contributed by atoms with Gasteiger partial charge in [0.1, 0.15) is 4.88 Å². The molecule has 1 aromatic heterocycles. The van der Waals surface area contributed by atoms with Crippen molar-refractivity contribution in [2.75, 3.05) is 0 Å². The molecule has 1 aliphatic rings. The van der Waals surface area contributed by atoms with Gasteiger partial charge in [0.2, 0.25) is 0 Å². The highest BCUT2D eigenvalue weighted by Gasteiger charge is 2.24. The summed E-state index contributed by atoms with van der Waals surface area (Å²) < 4.78 is 0.798. The Hall–Kier alpha value is -0.520. The van der Waals surface area contributed by atoms with E-state index in [4.69, 9.17) is 34.8 Å². The highest BCUT2D eigenvalue weighted by Crippen LogP contribution is 2.41. The third-order valence-electron chi connectivity index (χ3n) is 3.89. The van der Waals surface area contributed by atoms with E-state index in [0.717, 1.165) is 17.5 Å². The summed E-state index contributed by atoms with van der Waals surface area (Å²) in [6.07, 6.45) is 2.74. The number of carbonyl (C=O) groups is 1. The molecule has 2 aromatic rings. The van der Waals surface area contributed by atoms with Crippen molar-refractivity contribution < 1.29 is 9.90 Å². The lowest BCUT2D eigenvalue weighted by atomic mass is 9.93. The van der Waals surface area contributed by atoms with Crippen molar-refractivity contribution in [3.63, 3.8) is 0 Å². The molecule has 0 unspecified atom stereocenters. The minimum Gasteiger partial charge on any atom is -0.393 e. The lowest BCUT2D eigenvalue weighted by Gasteiger charge is -2.25. The van der Waals surface area contributed by atoms with Crippen LogP contribution in [-0.2, 0) is 0 Å². The third kappa shape index (κ3) is 3.22. The molecule has 3 rings (SSSR count). The molecule has 7 heteroatoms. The van der Waals surface area contributed by atoms with Crippen molar-refractivity contribution in [1.82, 2.24) is 5.32 Å². The van der Waals surface area contributed by atoms with Gasteiger partial charge >= 0.3 is 0 Å². The van der Waals surface area contributed by atoms with Gasteiger partial charge in [0, 0.05) is 21.2 Å². The number of rotatable bonds is 2. The summed E-state index contributed by atoms with van der Waals surface area (Å²) in [4.78, 5) is 12.9. The molecule has 0 spiro atoms. The first kappa shape index (κ1) is 16.3. The molecule has 2 N–H and O–H groups in total. The molecule has 1 fully saturated rings. The van der Waals surface area contributed by atoms with Gasteiger partial charge in [0.25, 0.3) is 5.91 Å². The first-order chi connectivity index (χ1) is 10.5. The fourth-order valence-electron chi connectivity index (χ4n) is 2.73. The van der Waals surface area contributed by atoms with Crippen molar-refractivity contribution in [3.8, 4) is 0 Å². The monoisotopic (exact) mass is 377 g/mol. The summed E-state index contributed by atoms with van der Waals surface area (Å²) in [7, 11) is 0. The van der Waals surface area contributed by atoms with E-state index in [-0.39, 0.29) is 18.1 Å². The van der Waals surface area contributed by atoms with Crippen LogP contribution in [0, 0.1) is 0 Å². The maximum absolute atomic E-state index is 12.5. The number of hydrogen-bond acceptors (Lipinski definition) is 3. The van der Waals surface area contributed by atoms with Gasteiger partial charge in [0.05, 0.1) is 16.1 Å². The fourth-order valence-corrected chi connectivity index (χ4v) is 5.01. The van der Waals surface area contributed by atoms with Gasteiger partial charge in [0.15, 0.2) is 0 Å². The summed E-state index contributed by atoms with van der Waals surface area (Å²) in [5.74, 6) is -0.195. The number of benzene rings is 1. The zero-order chi connectivity index (χ0) is 15.9. The van der Waals surface area contributed by atoms with Crippen LogP contribution in [0.3, 0.4) is 0 Å². The summed E-state index contributed by atoms with van der Waals surface area (Å²) >= 11 is 19.8. The highest BCUT2D eigenvalue weighted by molar-refractivity contribution is 7.21. The molecule has 1 saturated carbocycles. The zero-order valence-corrected chi connectivity index (χ0v) is 14.6. The summed E-state index contributed by atoms with van der Waals surface area (Å²) in [5, 5.41) is 14.5. The lowest BCUT2D eigenvalue weighted by Crippen LogP contribution is -2.38. The van der Waals surface area contributed by atoms with Crippen LogP contribution >= 0.6 is 46.1 Å². The normalized spacial score (nSPS) is 22.0. The fraction of sp³-hybridized carbons (Fsp3) is 0.400. The second-order valence-corrected chi connectivity index (χ2v) is 7.76. The van der Waals surface area contributed by atoms with Crippen molar-refractivity contribution in [2.45, 2.75) is 37.8 Å². The summed E-state index contributed by atoms with van der Waals surface area (Å²) in [5.41, 5.74) is 0. The minimum atomic E-state index is -0.248. The Morgan fingerprint density at radius 2 is 1.86 bits per heavy atom. The Bertz CT molecular complexity index is 723. The molecular formula is C15H14Cl3NO2S. The molecule has 1 heterocycles. The van der Waals surface area contributed by atoms with Crippen molar-refractivity contribution in [2.24, 2.45) is 0 Å². The molecular weight excluding hydrogens is 365 g/mol. The molecule has 0 bridgehead atoms. The van der Waals surface area contributed by atoms with Gasteiger partial charge in [-0.1, -0.05) is 34.8 Å². The average molecular weight is 379 g/mol. The van der Waals surface area contributed by atoms with E-state index < -0.39 is 0 Å². The van der Waals surface area contributed by atoms with Gasteiger partial charge in [-0.05, 0) is 37.8 Å². The first-order valence-electron chi connectivity index (χ1n) is 7.01. The number of carbonyl (C=O) groups excluding carboxylic acids is 1. The number of amides is 1. The third-order valence-corrected chi connectivity index (χ3v) is 6.03. The van der Waals surface area contributed by atoms with Crippen molar-refractivity contribution in [3.05, 3.63) is 32.1 Å². The molecule has 1 aromatic carbocycles. The maximum Gasteiger partial charge on any atom is 0.263 e. The number of aliphatic hydroxyl groups is 1. The zero-order valence-electron chi connectivity index (χ0n) is 11.5. The van der Waals surface area contributed by atoms with Gasteiger partial charge in [-0.15, -0.1) is 11.3 Å². The molecule has 3 nitrogen and oxygen atoms in total.